The maximum atomic E-state index is 10.1. The smallest absolute Gasteiger partial charge is 0.0900 e. The van der Waals surface area contributed by atoms with Gasteiger partial charge in [-0.3, -0.25) is 4.90 Å². The largest absolute Gasteiger partial charge is 0.389 e. The van der Waals surface area contributed by atoms with E-state index in [4.69, 9.17) is 4.74 Å². The predicted molar refractivity (Wildman–Crippen MR) is 89.6 cm³/mol. The fourth-order valence-corrected chi connectivity index (χ4v) is 3.91. The summed E-state index contributed by atoms with van der Waals surface area (Å²) in [6.45, 7) is 8.41. The molecular formula is C17H27NO2S. The average Bonchev–Trinajstić information content (AvgIpc) is 2.48. The Kier molecular flexibility index (Phi) is 7.04. The first-order valence-corrected chi connectivity index (χ1v) is 8.83. The summed E-state index contributed by atoms with van der Waals surface area (Å²) in [4.78, 5) is 2.37. The van der Waals surface area contributed by atoms with Gasteiger partial charge in [-0.2, -0.15) is 11.8 Å². The molecule has 0 spiro atoms. The molecule has 0 aromatic heterocycles. The Labute approximate surface area is 132 Å². The first-order valence-electron chi connectivity index (χ1n) is 7.79. The van der Waals surface area contributed by atoms with Crippen molar-refractivity contribution in [3.63, 3.8) is 0 Å². The maximum Gasteiger partial charge on any atom is 0.0900 e. The van der Waals surface area contributed by atoms with Crippen LogP contribution in [0, 0.1) is 5.92 Å². The maximum absolute atomic E-state index is 10.1. The van der Waals surface area contributed by atoms with Gasteiger partial charge < -0.3 is 9.84 Å². The zero-order valence-corrected chi connectivity index (χ0v) is 13.9. The van der Waals surface area contributed by atoms with Crippen LogP contribution in [0.4, 0.5) is 0 Å². The van der Waals surface area contributed by atoms with Gasteiger partial charge >= 0.3 is 0 Å². The van der Waals surface area contributed by atoms with Crippen molar-refractivity contribution in [2.24, 2.45) is 5.92 Å². The summed E-state index contributed by atoms with van der Waals surface area (Å²) >= 11 is 2.06. The van der Waals surface area contributed by atoms with Gasteiger partial charge in [0.05, 0.1) is 19.3 Å². The number of aliphatic hydroxyl groups excluding tert-OH is 1. The van der Waals surface area contributed by atoms with Crippen LogP contribution < -0.4 is 0 Å². The van der Waals surface area contributed by atoms with Crippen LogP contribution in [0.2, 0.25) is 0 Å². The highest BCUT2D eigenvalue weighted by Crippen LogP contribution is 2.24. The number of aliphatic hydroxyl groups is 1. The zero-order valence-electron chi connectivity index (χ0n) is 13.1. The van der Waals surface area contributed by atoms with Gasteiger partial charge in [-0.25, -0.2) is 0 Å². The molecule has 0 amide bonds. The van der Waals surface area contributed by atoms with Crippen LogP contribution >= 0.6 is 11.8 Å². The molecule has 0 bridgehead atoms. The Hall–Kier alpha value is -0.550. The minimum atomic E-state index is -0.398. The monoisotopic (exact) mass is 309 g/mol. The van der Waals surface area contributed by atoms with E-state index in [1.54, 1.807) is 0 Å². The second-order valence-electron chi connectivity index (χ2n) is 6.07. The highest BCUT2D eigenvalue weighted by molar-refractivity contribution is 8.00. The summed E-state index contributed by atoms with van der Waals surface area (Å²) in [7, 11) is 0. The number of nitrogens with zero attached hydrogens (tertiary/aromatic N) is 1. The fourth-order valence-electron chi connectivity index (χ4n) is 2.54. The second-order valence-corrected chi connectivity index (χ2v) is 7.41. The van der Waals surface area contributed by atoms with Crippen molar-refractivity contribution < 1.29 is 9.84 Å². The van der Waals surface area contributed by atoms with E-state index in [0.29, 0.717) is 24.4 Å². The van der Waals surface area contributed by atoms with Crippen molar-refractivity contribution in [3.05, 3.63) is 35.9 Å². The molecule has 1 N–H and O–H groups in total. The summed E-state index contributed by atoms with van der Waals surface area (Å²) in [5.74, 6) is 1.87. The average molecular weight is 309 g/mol. The Morgan fingerprint density at radius 1 is 1.33 bits per heavy atom. The molecule has 0 radical (unpaired) electrons. The quantitative estimate of drug-likeness (QED) is 0.839. The van der Waals surface area contributed by atoms with Crippen LogP contribution in [0.25, 0.3) is 0 Å². The van der Waals surface area contributed by atoms with Gasteiger partial charge in [0.1, 0.15) is 0 Å². The molecule has 118 valence electrons. The van der Waals surface area contributed by atoms with E-state index in [0.717, 1.165) is 25.2 Å². The molecule has 1 saturated heterocycles. The third kappa shape index (κ3) is 5.99. The molecule has 2 unspecified atom stereocenters. The topological polar surface area (TPSA) is 32.7 Å². The van der Waals surface area contributed by atoms with Crippen LogP contribution in [-0.2, 0) is 11.3 Å². The van der Waals surface area contributed by atoms with E-state index >= 15 is 0 Å². The normalized spacial score (nSPS) is 21.6. The molecule has 2 atom stereocenters. The molecule has 1 fully saturated rings. The molecular weight excluding hydrogens is 282 g/mol. The molecule has 1 aromatic rings. The molecule has 21 heavy (non-hydrogen) atoms. The third-order valence-electron chi connectivity index (χ3n) is 3.81. The molecule has 0 aliphatic carbocycles. The fraction of sp³-hybridized carbons (Fsp3) is 0.647. The third-order valence-corrected chi connectivity index (χ3v) is 5.35. The number of benzene rings is 1. The van der Waals surface area contributed by atoms with Crippen molar-refractivity contribution in [1.82, 2.24) is 4.90 Å². The molecule has 1 heterocycles. The van der Waals surface area contributed by atoms with E-state index in [9.17, 15) is 5.11 Å². The van der Waals surface area contributed by atoms with Crippen LogP contribution in [0.1, 0.15) is 19.4 Å². The number of ether oxygens (including phenoxy) is 1. The molecule has 3 nitrogen and oxygen atoms in total. The lowest BCUT2D eigenvalue weighted by Crippen LogP contribution is -2.44. The first-order chi connectivity index (χ1) is 10.1. The van der Waals surface area contributed by atoms with E-state index in [1.807, 2.05) is 30.3 Å². The molecule has 2 rings (SSSR count). The minimum Gasteiger partial charge on any atom is -0.389 e. The van der Waals surface area contributed by atoms with Crippen LogP contribution in [0.15, 0.2) is 30.3 Å². The summed E-state index contributed by atoms with van der Waals surface area (Å²) in [6, 6.07) is 10.1. The molecule has 0 saturated carbocycles. The Morgan fingerprint density at radius 2 is 2.10 bits per heavy atom. The number of hydrogen-bond donors (Lipinski definition) is 1. The second kappa shape index (κ2) is 8.79. The van der Waals surface area contributed by atoms with Crippen LogP contribution in [-0.4, -0.2) is 53.4 Å². The van der Waals surface area contributed by atoms with Crippen molar-refractivity contribution in [2.45, 2.75) is 31.8 Å². The summed E-state index contributed by atoms with van der Waals surface area (Å²) in [6.07, 6.45) is -0.398. The van der Waals surface area contributed by atoms with Crippen molar-refractivity contribution >= 4 is 11.8 Å². The standard InChI is InChI=1S/C17H27NO2S/c1-14(2)17-11-18(8-9-21-17)10-16(19)13-20-12-15-6-4-3-5-7-15/h3-7,14,16-17,19H,8-13H2,1-2H3. The van der Waals surface area contributed by atoms with E-state index in [1.165, 1.54) is 5.75 Å². The summed E-state index contributed by atoms with van der Waals surface area (Å²) < 4.78 is 5.62. The summed E-state index contributed by atoms with van der Waals surface area (Å²) in [5.41, 5.74) is 1.15. The van der Waals surface area contributed by atoms with E-state index in [2.05, 4.69) is 30.5 Å². The van der Waals surface area contributed by atoms with Gasteiger partial charge in [-0.05, 0) is 11.5 Å². The number of β-amino-alcohol motifs (C(OH)–C–C–N with tert-alkyl or cyclic N) is 1. The number of thioether (sulfide) groups is 1. The van der Waals surface area contributed by atoms with Gasteiger partial charge in [0.25, 0.3) is 0 Å². The highest BCUT2D eigenvalue weighted by Gasteiger charge is 2.24. The lowest BCUT2D eigenvalue weighted by Gasteiger charge is -2.35. The van der Waals surface area contributed by atoms with Crippen molar-refractivity contribution in [2.75, 3.05) is 32.0 Å². The predicted octanol–water partition coefficient (Wildman–Crippen LogP) is 2.64. The number of rotatable bonds is 7. The van der Waals surface area contributed by atoms with Gasteiger partial charge in [-0.15, -0.1) is 0 Å². The van der Waals surface area contributed by atoms with Gasteiger partial charge in [0.2, 0.25) is 0 Å². The highest BCUT2D eigenvalue weighted by atomic mass is 32.2. The van der Waals surface area contributed by atoms with E-state index < -0.39 is 6.10 Å². The first kappa shape index (κ1) is 16.8. The minimum absolute atomic E-state index is 0.398. The van der Waals surface area contributed by atoms with Crippen LogP contribution in [0.5, 0.6) is 0 Å². The molecule has 4 heteroatoms. The van der Waals surface area contributed by atoms with Gasteiger partial charge in [0.15, 0.2) is 0 Å². The van der Waals surface area contributed by atoms with Crippen LogP contribution in [0.3, 0.4) is 0 Å². The van der Waals surface area contributed by atoms with Gasteiger partial charge in [0, 0.05) is 30.6 Å². The molecule has 1 aromatic carbocycles. The summed E-state index contributed by atoms with van der Waals surface area (Å²) in [5, 5.41) is 10.8. The Bertz CT molecular complexity index is 399. The Morgan fingerprint density at radius 3 is 2.81 bits per heavy atom. The van der Waals surface area contributed by atoms with Crippen molar-refractivity contribution in [3.8, 4) is 0 Å². The zero-order chi connectivity index (χ0) is 15.1. The molecule has 1 aliphatic rings. The van der Waals surface area contributed by atoms with E-state index in [-0.39, 0.29) is 0 Å². The SMILES string of the molecule is CC(C)C1CN(CC(O)COCc2ccccc2)CCS1. The lowest BCUT2D eigenvalue weighted by molar-refractivity contribution is 0.00998. The number of hydrogen-bond acceptors (Lipinski definition) is 4. The van der Waals surface area contributed by atoms with Crippen molar-refractivity contribution in [1.29, 1.82) is 0 Å². The molecule has 1 aliphatic heterocycles. The Balaban J connectivity index is 1.66. The van der Waals surface area contributed by atoms with Gasteiger partial charge in [-0.1, -0.05) is 44.2 Å². The lowest BCUT2D eigenvalue weighted by atomic mass is 10.1.